The highest BCUT2D eigenvalue weighted by molar-refractivity contribution is 7.99. The molecule has 5 heterocycles. The first-order valence-electron chi connectivity index (χ1n) is 17.1. The lowest BCUT2D eigenvalue weighted by molar-refractivity contribution is -0.132. The van der Waals surface area contributed by atoms with Gasteiger partial charge in [-0.15, -0.1) is 0 Å². The Morgan fingerprint density at radius 3 is 2.64 bits per heavy atom. The van der Waals surface area contributed by atoms with Gasteiger partial charge in [-0.05, 0) is 76.3 Å². The zero-order chi connectivity index (χ0) is 31.1. The van der Waals surface area contributed by atoms with E-state index in [0.717, 1.165) is 44.5 Å². The standard InChI is InChI=1S/C32H53F2N7O2S/c1-5-25(42)39-13-14-40(19(4)17-39)30-20-16-22(34)28-26-21(33)8-6-9-23(26)35-11-7-15-44-24-10-12-36-27(18(2)3)29(24)41(31(20)37-28)32(43)38-30/h5,18-24,26-31,35-37H,1,6-17H2,2-4H3,(H,38,43). The Kier molecular flexibility index (Phi) is 10.1. The van der Waals surface area contributed by atoms with Crippen LogP contribution in [0.5, 0.6) is 0 Å². The highest BCUT2D eigenvalue weighted by Crippen LogP contribution is 2.42. The number of nitrogens with one attached hydrogen (secondary N) is 4. The lowest BCUT2D eigenvalue weighted by Gasteiger charge is -2.60. The predicted molar refractivity (Wildman–Crippen MR) is 171 cm³/mol. The van der Waals surface area contributed by atoms with Gasteiger partial charge in [0.05, 0.1) is 18.4 Å². The Labute approximate surface area is 266 Å². The van der Waals surface area contributed by atoms with Crippen molar-refractivity contribution in [2.75, 3.05) is 38.5 Å². The number of piperidine rings is 2. The van der Waals surface area contributed by atoms with Gasteiger partial charge in [0.15, 0.2) is 0 Å². The van der Waals surface area contributed by atoms with Crippen molar-refractivity contribution >= 4 is 23.7 Å². The fourth-order valence-corrected chi connectivity index (χ4v) is 10.7. The molecule has 248 valence electrons. The van der Waals surface area contributed by atoms with Crippen LogP contribution in [0.3, 0.4) is 0 Å². The molecule has 0 radical (unpaired) electrons. The van der Waals surface area contributed by atoms with Gasteiger partial charge in [0, 0.05) is 60.9 Å². The molecule has 6 aliphatic rings. The van der Waals surface area contributed by atoms with Crippen molar-refractivity contribution in [2.45, 2.75) is 119 Å². The fraction of sp³-hybridized carbons (Fsp3) is 0.875. The molecule has 12 atom stereocenters. The number of hydrogen-bond acceptors (Lipinski definition) is 7. The first kappa shape index (κ1) is 32.5. The minimum atomic E-state index is -1.24. The maximum Gasteiger partial charge on any atom is 0.320 e. The van der Waals surface area contributed by atoms with E-state index in [1.807, 2.05) is 16.7 Å². The Bertz CT molecular complexity index is 1060. The zero-order valence-corrected chi connectivity index (χ0v) is 27.4. The zero-order valence-electron chi connectivity index (χ0n) is 26.6. The number of rotatable bonds is 3. The molecule has 0 aromatic heterocycles. The van der Waals surface area contributed by atoms with Gasteiger partial charge in [-0.25, -0.2) is 13.6 Å². The number of piperazine rings is 1. The molecule has 2 bridgehead atoms. The first-order valence-corrected chi connectivity index (χ1v) is 18.1. The third-order valence-corrected chi connectivity index (χ3v) is 12.8. The molecule has 1 saturated carbocycles. The summed E-state index contributed by atoms with van der Waals surface area (Å²) in [6.45, 7) is 13.4. The Morgan fingerprint density at radius 1 is 1.07 bits per heavy atom. The van der Waals surface area contributed by atoms with Gasteiger partial charge >= 0.3 is 6.03 Å². The summed E-state index contributed by atoms with van der Waals surface area (Å²) in [7, 11) is 0. The summed E-state index contributed by atoms with van der Waals surface area (Å²) in [5.41, 5.74) is 0. The topological polar surface area (TPSA) is 92.0 Å². The van der Waals surface area contributed by atoms with Crippen LogP contribution in [0, 0.1) is 17.8 Å². The number of halogens is 2. The van der Waals surface area contributed by atoms with Crippen molar-refractivity contribution in [2.24, 2.45) is 17.8 Å². The van der Waals surface area contributed by atoms with Gasteiger partial charge in [-0.1, -0.05) is 20.4 Å². The number of alkyl halides is 2. The largest absolute Gasteiger partial charge is 0.336 e. The van der Waals surface area contributed by atoms with E-state index in [9.17, 15) is 9.59 Å². The van der Waals surface area contributed by atoms with Crippen LogP contribution in [-0.4, -0.2) is 125 Å². The van der Waals surface area contributed by atoms with Crippen molar-refractivity contribution in [3.05, 3.63) is 12.7 Å². The summed E-state index contributed by atoms with van der Waals surface area (Å²) in [6, 6.07) is -0.894. The molecule has 12 heteroatoms. The highest BCUT2D eigenvalue weighted by Gasteiger charge is 2.57. The van der Waals surface area contributed by atoms with Crippen LogP contribution in [0.1, 0.15) is 59.3 Å². The summed E-state index contributed by atoms with van der Waals surface area (Å²) >= 11 is 1.96. The van der Waals surface area contributed by atoms with E-state index in [1.54, 1.807) is 4.90 Å². The molecule has 0 aromatic carbocycles. The molecule has 0 aromatic rings. The van der Waals surface area contributed by atoms with E-state index >= 15 is 8.78 Å². The second kappa shape index (κ2) is 13.7. The molecule has 1 aliphatic carbocycles. The van der Waals surface area contributed by atoms with Crippen LogP contribution in [-0.2, 0) is 4.79 Å². The Balaban J connectivity index is 1.38. The van der Waals surface area contributed by atoms with Crippen molar-refractivity contribution in [1.29, 1.82) is 0 Å². The van der Waals surface area contributed by atoms with E-state index in [0.29, 0.717) is 32.0 Å². The summed E-state index contributed by atoms with van der Waals surface area (Å²) in [5, 5.41) is 14.7. The number of nitrogens with zero attached hydrogens (tertiary/aromatic N) is 3. The van der Waals surface area contributed by atoms with Crippen LogP contribution in [0.2, 0.25) is 0 Å². The van der Waals surface area contributed by atoms with Crippen LogP contribution in [0.25, 0.3) is 0 Å². The van der Waals surface area contributed by atoms with E-state index in [4.69, 9.17) is 0 Å². The van der Waals surface area contributed by atoms with Crippen LogP contribution < -0.4 is 21.3 Å². The second-order valence-electron chi connectivity index (χ2n) is 14.3. The number of carbonyl (C=O) groups excluding carboxylic acids is 2. The third-order valence-electron chi connectivity index (χ3n) is 11.3. The highest BCUT2D eigenvalue weighted by atomic mass is 32.2. The quantitative estimate of drug-likeness (QED) is 0.354. The SMILES string of the molecule is C=CC(=O)N1CCN(C2NC(=O)N3C4NC(C(F)CC24)C2C(F)CCCC2NCCCSC2CCNC(C(C)C)C23)C(C)C1. The van der Waals surface area contributed by atoms with Crippen molar-refractivity contribution in [3.8, 4) is 0 Å². The van der Waals surface area contributed by atoms with Crippen molar-refractivity contribution < 1.29 is 18.4 Å². The molecule has 5 saturated heterocycles. The van der Waals surface area contributed by atoms with Gasteiger partial charge < -0.3 is 25.8 Å². The van der Waals surface area contributed by atoms with Gasteiger partial charge in [-0.3, -0.25) is 15.0 Å². The van der Waals surface area contributed by atoms with Crippen molar-refractivity contribution in [3.63, 3.8) is 0 Å². The van der Waals surface area contributed by atoms with E-state index < -0.39 is 30.5 Å². The summed E-state index contributed by atoms with van der Waals surface area (Å²) in [6.07, 6.45) is 2.50. The summed E-state index contributed by atoms with van der Waals surface area (Å²) < 4.78 is 32.4. The van der Waals surface area contributed by atoms with E-state index in [1.165, 1.54) is 6.08 Å². The molecule has 44 heavy (non-hydrogen) atoms. The first-order chi connectivity index (χ1) is 21.2. The molecule has 9 nitrogen and oxygen atoms in total. The van der Waals surface area contributed by atoms with Gasteiger partial charge in [0.2, 0.25) is 5.91 Å². The van der Waals surface area contributed by atoms with Gasteiger partial charge in [0.1, 0.15) is 12.3 Å². The maximum atomic E-state index is 16.6. The lowest BCUT2D eigenvalue weighted by Crippen LogP contribution is -2.80. The van der Waals surface area contributed by atoms with Crippen molar-refractivity contribution in [1.82, 2.24) is 36.0 Å². The van der Waals surface area contributed by atoms with Gasteiger partial charge in [-0.2, -0.15) is 11.8 Å². The molecular weight excluding hydrogens is 584 g/mol. The average molecular weight is 638 g/mol. The van der Waals surface area contributed by atoms with Crippen LogP contribution in [0.15, 0.2) is 12.7 Å². The van der Waals surface area contributed by atoms with Gasteiger partial charge in [0.25, 0.3) is 0 Å². The normalized spacial score (nSPS) is 43.9. The smallest absolute Gasteiger partial charge is 0.320 e. The molecule has 4 N–H and O–H groups in total. The molecule has 0 spiro atoms. The molecule has 3 amide bonds. The third kappa shape index (κ3) is 6.14. The number of carbonyl (C=O) groups is 2. The summed E-state index contributed by atoms with van der Waals surface area (Å²) in [5.74, 6) is 0.455. The average Bonchev–Trinajstić information content (AvgIpc) is 3.01. The monoisotopic (exact) mass is 637 g/mol. The number of amides is 3. The minimum Gasteiger partial charge on any atom is -0.336 e. The Morgan fingerprint density at radius 2 is 1.89 bits per heavy atom. The Hall–Kier alpha value is -1.47. The van der Waals surface area contributed by atoms with Crippen LogP contribution >= 0.6 is 11.8 Å². The van der Waals surface area contributed by atoms with Crippen LogP contribution in [0.4, 0.5) is 13.6 Å². The molecule has 12 unspecified atom stereocenters. The molecule has 6 fully saturated rings. The maximum absolute atomic E-state index is 16.6. The number of fused-ring (bicyclic) bond motifs is 5. The number of hydrogen-bond donors (Lipinski definition) is 4. The molecule has 6 rings (SSSR count). The minimum absolute atomic E-state index is 0.0275. The second-order valence-corrected chi connectivity index (χ2v) is 15.6. The van der Waals surface area contributed by atoms with E-state index in [-0.39, 0.29) is 59.9 Å². The lowest BCUT2D eigenvalue weighted by atomic mass is 9.72. The predicted octanol–water partition coefficient (Wildman–Crippen LogP) is 2.69. The summed E-state index contributed by atoms with van der Waals surface area (Å²) in [4.78, 5) is 32.9. The molecular formula is C32H53F2N7O2S. The number of urea groups is 1. The number of thioether (sulfide) groups is 1. The van der Waals surface area contributed by atoms with E-state index in [2.05, 4.69) is 53.5 Å². The fourth-order valence-electron chi connectivity index (χ4n) is 9.26. The molecule has 5 aliphatic heterocycles.